The Labute approximate surface area is 107 Å². The molecule has 4 nitrogen and oxygen atoms in total. The van der Waals surface area contributed by atoms with E-state index in [-0.39, 0.29) is 0 Å². The maximum absolute atomic E-state index is 11.6. The van der Waals surface area contributed by atoms with Gasteiger partial charge in [-0.05, 0) is 19.1 Å². The number of carbonyl (C=O) groups is 1. The number of aromatic nitrogens is 2. The topological polar surface area (TPSA) is 55.0 Å². The third-order valence-electron chi connectivity index (χ3n) is 2.33. The Morgan fingerprint density at radius 1 is 1.35 bits per heavy atom. The molecular weight excluding hydrogens is 284 g/mol. The van der Waals surface area contributed by atoms with Gasteiger partial charge in [-0.2, -0.15) is 0 Å². The highest BCUT2D eigenvalue weighted by Gasteiger charge is 2.17. The van der Waals surface area contributed by atoms with Crippen LogP contribution in [0.2, 0.25) is 0 Å². The number of rotatable bonds is 2. The van der Waals surface area contributed by atoms with Crippen molar-refractivity contribution in [1.29, 1.82) is 0 Å². The normalized spacial score (nSPS) is 10.3. The number of carbonyl (C=O) groups excluding carboxylic acids is 1. The highest BCUT2D eigenvalue weighted by molar-refractivity contribution is 9.10. The van der Waals surface area contributed by atoms with E-state index in [4.69, 9.17) is 4.74 Å². The number of halogens is 1. The van der Waals surface area contributed by atoms with Gasteiger partial charge in [0.2, 0.25) is 0 Å². The molecule has 1 aromatic carbocycles. The largest absolute Gasteiger partial charge is 0.464 e. The van der Waals surface area contributed by atoms with Gasteiger partial charge in [0, 0.05) is 10.0 Å². The van der Waals surface area contributed by atoms with Crippen molar-refractivity contribution in [2.45, 2.75) is 6.92 Å². The second kappa shape index (κ2) is 4.71. The Balaban J connectivity index is 2.51. The number of nitrogens with one attached hydrogen (secondary N) is 1. The molecule has 1 heterocycles. The summed E-state index contributed by atoms with van der Waals surface area (Å²) in [6, 6.07) is 7.60. The zero-order valence-electron chi connectivity index (χ0n) is 9.45. The maximum Gasteiger partial charge on any atom is 0.356 e. The average molecular weight is 295 g/mol. The smallest absolute Gasteiger partial charge is 0.356 e. The molecule has 0 saturated carbocycles. The standard InChI is InChI=1S/C12H11BrN2O2/c1-7-14-10(11(15-7)12(16)17-2)8-3-5-9(13)6-4-8/h3-6H,1-2H3,(H,14,15). The Kier molecular flexibility index (Phi) is 3.28. The molecule has 0 saturated heterocycles. The number of hydrogen-bond acceptors (Lipinski definition) is 3. The maximum atomic E-state index is 11.6. The number of imidazole rings is 1. The first-order chi connectivity index (χ1) is 8.11. The minimum atomic E-state index is -0.413. The second-order valence-electron chi connectivity index (χ2n) is 3.54. The minimum Gasteiger partial charge on any atom is -0.464 e. The fourth-order valence-corrected chi connectivity index (χ4v) is 1.82. The number of benzene rings is 1. The van der Waals surface area contributed by atoms with E-state index in [2.05, 4.69) is 25.9 Å². The number of ether oxygens (including phenoxy) is 1. The van der Waals surface area contributed by atoms with Gasteiger partial charge < -0.3 is 9.72 Å². The van der Waals surface area contributed by atoms with Gasteiger partial charge in [-0.3, -0.25) is 0 Å². The van der Waals surface area contributed by atoms with Crippen molar-refractivity contribution in [1.82, 2.24) is 9.97 Å². The van der Waals surface area contributed by atoms with Crippen molar-refractivity contribution in [3.8, 4) is 11.3 Å². The zero-order chi connectivity index (χ0) is 12.4. The molecule has 1 N–H and O–H groups in total. The summed E-state index contributed by atoms with van der Waals surface area (Å²) >= 11 is 3.36. The van der Waals surface area contributed by atoms with Crippen molar-refractivity contribution >= 4 is 21.9 Å². The van der Waals surface area contributed by atoms with E-state index in [0.717, 1.165) is 10.0 Å². The molecule has 0 unspecified atom stereocenters. The summed E-state index contributed by atoms with van der Waals surface area (Å²) in [5.41, 5.74) is 1.87. The van der Waals surface area contributed by atoms with Crippen molar-refractivity contribution < 1.29 is 9.53 Å². The van der Waals surface area contributed by atoms with Crippen LogP contribution in [-0.2, 0) is 4.74 Å². The summed E-state index contributed by atoms with van der Waals surface area (Å²) in [5, 5.41) is 0. The first-order valence-electron chi connectivity index (χ1n) is 5.02. The first kappa shape index (κ1) is 11.9. The Morgan fingerprint density at radius 2 is 2.00 bits per heavy atom. The number of nitrogens with zero attached hydrogens (tertiary/aromatic N) is 1. The number of esters is 1. The van der Waals surface area contributed by atoms with Gasteiger partial charge in [0.1, 0.15) is 11.5 Å². The molecule has 0 fully saturated rings. The van der Waals surface area contributed by atoms with Gasteiger partial charge in [-0.25, -0.2) is 9.78 Å². The van der Waals surface area contributed by atoms with Crippen LogP contribution in [0.25, 0.3) is 11.3 Å². The molecule has 0 aliphatic carbocycles. The van der Waals surface area contributed by atoms with Crippen LogP contribution in [0.3, 0.4) is 0 Å². The molecule has 88 valence electrons. The first-order valence-corrected chi connectivity index (χ1v) is 5.82. The van der Waals surface area contributed by atoms with Gasteiger partial charge in [-0.15, -0.1) is 0 Å². The SMILES string of the molecule is COC(=O)c1[nH]c(C)nc1-c1ccc(Br)cc1. The van der Waals surface area contributed by atoms with E-state index < -0.39 is 5.97 Å². The summed E-state index contributed by atoms with van der Waals surface area (Å²) in [6.45, 7) is 1.80. The second-order valence-corrected chi connectivity index (χ2v) is 4.46. The lowest BCUT2D eigenvalue weighted by Crippen LogP contribution is -2.03. The van der Waals surface area contributed by atoms with Crippen LogP contribution >= 0.6 is 15.9 Å². The summed E-state index contributed by atoms with van der Waals surface area (Å²) in [7, 11) is 1.35. The van der Waals surface area contributed by atoms with Crippen LogP contribution in [0.1, 0.15) is 16.3 Å². The fraction of sp³-hybridized carbons (Fsp3) is 0.167. The number of H-pyrrole nitrogens is 1. The van der Waals surface area contributed by atoms with Gasteiger partial charge in [0.05, 0.1) is 7.11 Å². The molecule has 0 aliphatic rings. The van der Waals surface area contributed by atoms with Crippen LogP contribution in [0.5, 0.6) is 0 Å². The van der Waals surface area contributed by atoms with E-state index in [9.17, 15) is 4.79 Å². The number of aryl methyl sites for hydroxylation is 1. The van der Waals surface area contributed by atoms with Crippen LogP contribution in [0, 0.1) is 6.92 Å². The van der Waals surface area contributed by atoms with Crippen molar-refractivity contribution in [3.63, 3.8) is 0 Å². The number of methoxy groups -OCH3 is 1. The van der Waals surface area contributed by atoms with Gasteiger partial charge in [0.25, 0.3) is 0 Å². The van der Waals surface area contributed by atoms with Crippen LogP contribution in [0.4, 0.5) is 0 Å². The molecule has 0 radical (unpaired) electrons. The highest BCUT2D eigenvalue weighted by atomic mass is 79.9. The van der Waals surface area contributed by atoms with E-state index in [0.29, 0.717) is 17.2 Å². The molecule has 2 aromatic rings. The average Bonchev–Trinajstić information content (AvgIpc) is 2.71. The summed E-state index contributed by atoms with van der Waals surface area (Å²) in [6.07, 6.45) is 0. The highest BCUT2D eigenvalue weighted by Crippen LogP contribution is 2.24. The lowest BCUT2D eigenvalue weighted by Gasteiger charge is -2.01. The molecule has 0 bridgehead atoms. The predicted molar refractivity (Wildman–Crippen MR) is 67.8 cm³/mol. The molecule has 5 heteroatoms. The third-order valence-corrected chi connectivity index (χ3v) is 2.86. The fourth-order valence-electron chi connectivity index (χ4n) is 1.56. The lowest BCUT2D eigenvalue weighted by atomic mass is 10.1. The van der Waals surface area contributed by atoms with Gasteiger partial charge in [0.15, 0.2) is 5.69 Å². The third kappa shape index (κ3) is 2.39. The molecule has 2 rings (SSSR count). The molecule has 17 heavy (non-hydrogen) atoms. The lowest BCUT2D eigenvalue weighted by molar-refractivity contribution is 0.0595. The van der Waals surface area contributed by atoms with Crippen molar-refractivity contribution in [3.05, 3.63) is 40.3 Å². The van der Waals surface area contributed by atoms with E-state index in [1.54, 1.807) is 6.92 Å². The van der Waals surface area contributed by atoms with Crippen molar-refractivity contribution in [2.24, 2.45) is 0 Å². The Bertz CT molecular complexity index is 546. The Hall–Kier alpha value is -1.62. The molecule has 1 aromatic heterocycles. The quantitative estimate of drug-likeness (QED) is 0.867. The molecular formula is C12H11BrN2O2. The summed E-state index contributed by atoms with van der Waals surface area (Å²) < 4.78 is 5.70. The Morgan fingerprint density at radius 3 is 2.59 bits per heavy atom. The van der Waals surface area contributed by atoms with Gasteiger partial charge in [-0.1, -0.05) is 28.1 Å². The summed E-state index contributed by atoms with van der Waals surface area (Å²) in [4.78, 5) is 18.8. The number of hydrogen-bond donors (Lipinski definition) is 1. The van der Waals surface area contributed by atoms with Gasteiger partial charge >= 0.3 is 5.97 Å². The van der Waals surface area contributed by atoms with E-state index in [1.165, 1.54) is 7.11 Å². The van der Waals surface area contributed by atoms with Crippen LogP contribution in [0.15, 0.2) is 28.7 Å². The monoisotopic (exact) mass is 294 g/mol. The molecule has 0 spiro atoms. The molecule has 0 amide bonds. The van der Waals surface area contributed by atoms with E-state index in [1.807, 2.05) is 24.3 Å². The van der Waals surface area contributed by atoms with Crippen LogP contribution < -0.4 is 0 Å². The molecule has 0 aliphatic heterocycles. The molecule has 0 atom stereocenters. The van der Waals surface area contributed by atoms with Crippen LogP contribution in [-0.4, -0.2) is 23.0 Å². The predicted octanol–water partition coefficient (Wildman–Crippen LogP) is 2.93. The number of aromatic amines is 1. The van der Waals surface area contributed by atoms with Crippen molar-refractivity contribution in [2.75, 3.05) is 7.11 Å². The minimum absolute atomic E-state index is 0.382. The summed E-state index contributed by atoms with van der Waals surface area (Å²) in [5.74, 6) is 0.270. The zero-order valence-corrected chi connectivity index (χ0v) is 11.0. The van der Waals surface area contributed by atoms with E-state index >= 15 is 0 Å².